The smallest absolute Gasteiger partial charge is 0.416 e. The average molecular weight is 390 g/mol. The predicted octanol–water partition coefficient (Wildman–Crippen LogP) is 4.19. The van der Waals surface area contributed by atoms with E-state index in [0.717, 1.165) is 24.3 Å². The molecule has 8 heteroatoms. The third-order valence-corrected chi connectivity index (χ3v) is 3.95. The molecule has 0 spiro atoms. The summed E-state index contributed by atoms with van der Waals surface area (Å²) in [6, 6.07) is 7.44. The zero-order chi connectivity index (χ0) is 20.5. The van der Waals surface area contributed by atoms with Crippen LogP contribution in [0.15, 0.2) is 58.7 Å². The molecule has 1 atom stereocenters. The van der Waals surface area contributed by atoms with Crippen molar-refractivity contribution in [2.75, 3.05) is 0 Å². The van der Waals surface area contributed by atoms with E-state index in [2.05, 4.69) is 0 Å². The van der Waals surface area contributed by atoms with Gasteiger partial charge in [0.2, 0.25) is 0 Å². The first kappa shape index (κ1) is 19.3. The summed E-state index contributed by atoms with van der Waals surface area (Å²) in [6.07, 6.45) is -1.07. The minimum atomic E-state index is -4.43. The van der Waals surface area contributed by atoms with Crippen molar-refractivity contribution in [2.24, 2.45) is 5.92 Å². The Morgan fingerprint density at radius 2 is 1.75 bits per heavy atom. The Morgan fingerprint density at radius 3 is 2.36 bits per heavy atom. The highest BCUT2D eigenvalue weighted by molar-refractivity contribution is 6.25. The number of hydrogen-bond acceptors (Lipinski definition) is 5. The number of furan rings is 1. The van der Waals surface area contributed by atoms with E-state index < -0.39 is 35.2 Å². The van der Waals surface area contributed by atoms with Crippen LogP contribution in [-0.2, 0) is 25.3 Å². The molecule has 0 bridgehead atoms. The Balaban J connectivity index is 1.73. The molecular formula is C20H13F3O5. The number of halogens is 3. The van der Waals surface area contributed by atoms with E-state index in [4.69, 9.17) is 9.15 Å². The lowest BCUT2D eigenvalue weighted by Crippen LogP contribution is -2.34. The molecule has 0 saturated carbocycles. The number of benzene rings is 1. The van der Waals surface area contributed by atoms with Gasteiger partial charge in [0.1, 0.15) is 17.3 Å². The van der Waals surface area contributed by atoms with E-state index in [0.29, 0.717) is 11.3 Å². The van der Waals surface area contributed by atoms with Crippen molar-refractivity contribution in [3.63, 3.8) is 0 Å². The van der Waals surface area contributed by atoms with Crippen LogP contribution in [-0.4, -0.2) is 17.5 Å². The molecule has 0 amide bonds. The van der Waals surface area contributed by atoms with E-state index in [1.165, 1.54) is 37.3 Å². The molecule has 0 radical (unpaired) electrons. The van der Waals surface area contributed by atoms with Crippen LogP contribution in [0.5, 0.6) is 0 Å². The molecule has 1 aromatic carbocycles. The maximum atomic E-state index is 12.6. The lowest BCUT2D eigenvalue weighted by atomic mass is 9.96. The Bertz CT molecular complexity index is 994. The zero-order valence-corrected chi connectivity index (χ0v) is 14.4. The van der Waals surface area contributed by atoms with Crippen LogP contribution in [0, 0.1) is 5.92 Å². The van der Waals surface area contributed by atoms with Crippen LogP contribution in [0.2, 0.25) is 0 Å². The highest BCUT2D eigenvalue weighted by Crippen LogP contribution is 2.31. The number of rotatable bonds is 4. The second-order valence-electron chi connectivity index (χ2n) is 6.02. The lowest BCUT2D eigenvalue weighted by molar-refractivity contribution is -0.151. The Hall–Kier alpha value is -3.42. The molecule has 1 aliphatic rings. The maximum absolute atomic E-state index is 12.6. The number of ether oxygens (including phenoxy) is 1. The Kier molecular flexibility index (Phi) is 5.04. The molecule has 144 valence electrons. The van der Waals surface area contributed by atoms with Crippen molar-refractivity contribution in [1.29, 1.82) is 0 Å². The molecule has 0 fully saturated rings. The first-order chi connectivity index (χ1) is 13.1. The summed E-state index contributed by atoms with van der Waals surface area (Å²) in [5.74, 6) is -3.26. The Morgan fingerprint density at radius 1 is 1.07 bits per heavy atom. The van der Waals surface area contributed by atoms with Crippen LogP contribution in [0.1, 0.15) is 18.2 Å². The molecule has 3 rings (SSSR count). The van der Waals surface area contributed by atoms with Gasteiger partial charge in [0, 0.05) is 11.6 Å². The Labute approximate surface area is 157 Å². The van der Waals surface area contributed by atoms with Crippen molar-refractivity contribution in [1.82, 2.24) is 0 Å². The summed E-state index contributed by atoms with van der Waals surface area (Å²) in [5.41, 5.74) is -0.354. The summed E-state index contributed by atoms with van der Waals surface area (Å²) >= 11 is 0. The number of carbonyl (C=O) groups excluding carboxylic acids is 3. The number of carbonyl (C=O) groups is 3. The average Bonchev–Trinajstić information content (AvgIpc) is 3.07. The predicted molar refractivity (Wildman–Crippen MR) is 91.5 cm³/mol. The fraction of sp³-hybridized carbons (Fsp3) is 0.150. The fourth-order valence-corrected chi connectivity index (χ4v) is 2.58. The van der Waals surface area contributed by atoms with Crippen molar-refractivity contribution in [3.05, 3.63) is 65.6 Å². The van der Waals surface area contributed by atoms with Crippen LogP contribution >= 0.6 is 0 Å². The maximum Gasteiger partial charge on any atom is 0.416 e. The molecule has 2 aromatic rings. The van der Waals surface area contributed by atoms with Crippen LogP contribution in [0.25, 0.3) is 17.4 Å². The minimum Gasteiger partial charge on any atom is -0.457 e. The van der Waals surface area contributed by atoms with Crippen LogP contribution < -0.4 is 0 Å². The van der Waals surface area contributed by atoms with E-state index >= 15 is 0 Å². The zero-order valence-electron chi connectivity index (χ0n) is 14.4. The molecule has 0 aliphatic carbocycles. The van der Waals surface area contributed by atoms with Gasteiger partial charge in [-0.3, -0.25) is 14.4 Å². The van der Waals surface area contributed by atoms with Gasteiger partial charge in [-0.05, 0) is 43.3 Å². The highest BCUT2D eigenvalue weighted by Gasteiger charge is 2.36. The second-order valence-corrected chi connectivity index (χ2v) is 6.02. The molecule has 1 unspecified atom stereocenters. The van der Waals surface area contributed by atoms with Gasteiger partial charge < -0.3 is 9.15 Å². The summed E-state index contributed by atoms with van der Waals surface area (Å²) in [4.78, 5) is 35.7. The first-order valence-electron chi connectivity index (χ1n) is 8.08. The molecular weight excluding hydrogens is 377 g/mol. The van der Waals surface area contributed by atoms with Gasteiger partial charge in [-0.1, -0.05) is 12.1 Å². The second kappa shape index (κ2) is 7.30. The van der Waals surface area contributed by atoms with E-state index in [-0.39, 0.29) is 11.5 Å². The molecule has 28 heavy (non-hydrogen) atoms. The van der Waals surface area contributed by atoms with Crippen molar-refractivity contribution < 1.29 is 36.7 Å². The number of allylic oxidation sites excluding steroid dienone is 3. The van der Waals surface area contributed by atoms with E-state index in [1.807, 2.05) is 0 Å². The topological polar surface area (TPSA) is 73.6 Å². The summed E-state index contributed by atoms with van der Waals surface area (Å²) in [6.45, 7) is 1.43. The number of esters is 1. The van der Waals surface area contributed by atoms with Crippen molar-refractivity contribution in [3.8, 4) is 11.3 Å². The summed E-state index contributed by atoms with van der Waals surface area (Å²) in [5, 5.41) is 0. The fourth-order valence-electron chi connectivity index (χ4n) is 2.58. The van der Waals surface area contributed by atoms with Gasteiger partial charge in [0.15, 0.2) is 17.5 Å². The molecule has 0 N–H and O–H groups in total. The molecule has 1 aliphatic heterocycles. The van der Waals surface area contributed by atoms with Gasteiger partial charge in [0.25, 0.3) is 0 Å². The molecule has 0 saturated heterocycles. The number of cyclic esters (lactones) is 1. The standard InChI is InChI=1S/C20H13F3O5/c1-11-10-16(25)18(19(26)27-11)15(24)8-6-14-7-9-17(28-14)12-2-4-13(5-3-12)20(21,22)23/h2-10,18H,1H3. The van der Waals surface area contributed by atoms with Gasteiger partial charge in [-0.2, -0.15) is 13.2 Å². The monoisotopic (exact) mass is 390 g/mol. The van der Waals surface area contributed by atoms with Crippen LogP contribution in [0.3, 0.4) is 0 Å². The summed E-state index contributed by atoms with van der Waals surface area (Å²) in [7, 11) is 0. The third kappa shape index (κ3) is 4.11. The van der Waals surface area contributed by atoms with Gasteiger partial charge in [-0.15, -0.1) is 0 Å². The third-order valence-electron chi connectivity index (χ3n) is 3.95. The lowest BCUT2D eigenvalue weighted by Gasteiger charge is -2.15. The highest BCUT2D eigenvalue weighted by atomic mass is 19.4. The van der Waals surface area contributed by atoms with E-state index in [9.17, 15) is 27.6 Å². The van der Waals surface area contributed by atoms with E-state index in [1.54, 1.807) is 0 Å². The van der Waals surface area contributed by atoms with Crippen molar-refractivity contribution >= 4 is 23.6 Å². The quantitative estimate of drug-likeness (QED) is 0.445. The molecule has 2 heterocycles. The largest absolute Gasteiger partial charge is 0.457 e. The number of alkyl halides is 3. The number of ketones is 2. The normalized spacial score (nSPS) is 17.6. The van der Waals surface area contributed by atoms with Crippen molar-refractivity contribution in [2.45, 2.75) is 13.1 Å². The van der Waals surface area contributed by atoms with Gasteiger partial charge in [-0.25, -0.2) is 0 Å². The SMILES string of the molecule is CC1=CC(=O)C(C(=O)C=Cc2ccc(-c3ccc(C(F)(F)F)cc3)o2)C(=O)O1. The minimum absolute atomic E-state index is 0.121. The van der Waals surface area contributed by atoms with Crippen LogP contribution in [0.4, 0.5) is 13.2 Å². The summed E-state index contributed by atoms with van der Waals surface area (Å²) < 4.78 is 48.1. The first-order valence-corrected chi connectivity index (χ1v) is 8.08. The molecule has 5 nitrogen and oxygen atoms in total. The number of hydrogen-bond donors (Lipinski definition) is 0. The van der Waals surface area contributed by atoms with Gasteiger partial charge in [0.05, 0.1) is 5.56 Å². The van der Waals surface area contributed by atoms with Gasteiger partial charge >= 0.3 is 12.1 Å². The molecule has 1 aromatic heterocycles.